The number of carbonyl (C=O) groups excluding carboxylic acids is 1. The highest BCUT2D eigenvalue weighted by atomic mass is 127. The molecule has 0 radical (unpaired) electrons. The molecule has 3 aromatic carbocycles. The van der Waals surface area contributed by atoms with E-state index in [1.54, 1.807) is 30.3 Å². The Bertz CT molecular complexity index is 1060. The Labute approximate surface area is 199 Å². The molecule has 0 aliphatic heterocycles. The maximum Gasteiger partial charge on any atom is 0.255 e. The van der Waals surface area contributed by atoms with Crippen LogP contribution in [0.15, 0.2) is 54.6 Å². The molecule has 4 nitrogen and oxygen atoms in total. The first-order chi connectivity index (χ1) is 14.4. The minimum absolute atomic E-state index is 0.297. The average Bonchev–Trinajstić information content (AvgIpc) is 2.72. The van der Waals surface area contributed by atoms with Crippen molar-refractivity contribution in [3.63, 3.8) is 0 Å². The fourth-order valence-corrected chi connectivity index (χ4v) is 3.84. The summed E-state index contributed by atoms with van der Waals surface area (Å²) in [5.41, 5.74) is 3.12. The van der Waals surface area contributed by atoms with Crippen molar-refractivity contribution in [1.82, 2.24) is 0 Å². The van der Waals surface area contributed by atoms with Gasteiger partial charge in [-0.25, -0.2) is 0 Å². The Kier molecular flexibility index (Phi) is 7.86. The van der Waals surface area contributed by atoms with Crippen LogP contribution in [-0.4, -0.2) is 12.5 Å². The fourth-order valence-electron chi connectivity index (χ4n) is 2.74. The Morgan fingerprint density at radius 2 is 1.80 bits per heavy atom. The van der Waals surface area contributed by atoms with Crippen LogP contribution in [0.4, 0.5) is 5.69 Å². The summed E-state index contributed by atoms with van der Waals surface area (Å²) < 4.78 is 12.6. The molecule has 1 N–H and O–H groups in total. The predicted molar refractivity (Wildman–Crippen MR) is 130 cm³/mol. The van der Waals surface area contributed by atoms with Crippen LogP contribution in [0.2, 0.25) is 10.0 Å². The molecule has 0 unspecified atom stereocenters. The Morgan fingerprint density at radius 3 is 2.50 bits per heavy atom. The quantitative estimate of drug-likeness (QED) is 0.315. The molecule has 0 saturated heterocycles. The van der Waals surface area contributed by atoms with Gasteiger partial charge in [0.25, 0.3) is 5.91 Å². The van der Waals surface area contributed by atoms with Crippen LogP contribution < -0.4 is 14.8 Å². The van der Waals surface area contributed by atoms with E-state index in [1.165, 1.54) is 5.56 Å². The number of halogens is 3. The van der Waals surface area contributed by atoms with Gasteiger partial charge < -0.3 is 14.8 Å². The molecule has 1 amide bonds. The molecule has 0 atom stereocenters. The zero-order valence-corrected chi connectivity index (χ0v) is 20.1. The number of anilines is 1. The topological polar surface area (TPSA) is 47.6 Å². The molecule has 0 aromatic heterocycles. The van der Waals surface area contributed by atoms with Gasteiger partial charge in [-0.15, -0.1) is 0 Å². The fraction of sp³-hybridized carbons (Fsp3) is 0.174. The number of rotatable bonds is 7. The van der Waals surface area contributed by atoms with Crippen molar-refractivity contribution in [3.05, 3.63) is 84.9 Å². The first-order valence-electron chi connectivity index (χ1n) is 9.29. The van der Waals surface area contributed by atoms with Crippen molar-refractivity contribution in [1.29, 1.82) is 0 Å². The maximum atomic E-state index is 12.8. The molecule has 0 bridgehead atoms. The highest BCUT2D eigenvalue weighted by Crippen LogP contribution is 2.36. The lowest BCUT2D eigenvalue weighted by atomic mass is 10.1. The van der Waals surface area contributed by atoms with Crippen LogP contribution in [-0.2, 0) is 6.61 Å². The van der Waals surface area contributed by atoms with Crippen molar-refractivity contribution in [2.45, 2.75) is 20.5 Å². The molecule has 0 aliphatic carbocycles. The SMILES string of the molecule is CCOc1cc(C(=O)Nc2cccc(Cl)c2Cl)cc(I)c1OCc1ccc(C)cc1. The summed E-state index contributed by atoms with van der Waals surface area (Å²) in [5, 5.41) is 3.46. The van der Waals surface area contributed by atoms with Crippen molar-refractivity contribution in [2.24, 2.45) is 0 Å². The van der Waals surface area contributed by atoms with Gasteiger partial charge in [-0.05, 0) is 66.3 Å². The highest BCUT2D eigenvalue weighted by molar-refractivity contribution is 14.1. The van der Waals surface area contributed by atoms with Crippen LogP contribution >= 0.6 is 45.8 Å². The molecule has 156 valence electrons. The third-order valence-corrected chi connectivity index (χ3v) is 5.90. The molecule has 7 heteroatoms. The Balaban J connectivity index is 1.83. The second kappa shape index (κ2) is 10.4. The first kappa shape index (κ1) is 22.7. The van der Waals surface area contributed by atoms with Gasteiger partial charge in [-0.1, -0.05) is 59.1 Å². The molecule has 0 saturated carbocycles. The standard InChI is InChI=1S/C23H20Cl2INO3/c1-3-29-20-12-16(23(28)27-19-6-4-5-17(24)21(19)25)11-18(26)22(20)30-13-15-9-7-14(2)8-10-15/h4-12H,3,13H2,1-2H3,(H,27,28). The van der Waals surface area contributed by atoms with Crippen molar-refractivity contribution < 1.29 is 14.3 Å². The van der Waals surface area contributed by atoms with E-state index in [9.17, 15) is 4.79 Å². The van der Waals surface area contributed by atoms with Crippen molar-refractivity contribution in [3.8, 4) is 11.5 Å². The van der Waals surface area contributed by atoms with Gasteiger partial charge in [0.2, 0.25) is 0 Å². The van der Waals surface area contributed by atoms with Crippen LogP contribution in [0.5, 0.6) is 11.5 Å². The maximum absolute atomic E-state index is 12.8. The zero-order chi connectivity index (χ0) is 21.7. The molecular weight excluding hydrogens is 536 g/mol. The third kappa shape index (κ3) is 5.59. The smallest absolute Gasteiger partial charge is 0.255 e. The molecule has 0 spiro atoms. The summed E-state index contributed by atoms with van der Waals surface area (Å²) in [6.45, 7) is 4.78. The van der Waals surface area contributed by atoms with Gasteiger partial charge in [-0.2, -0.15) is 0 Å². The van der Waals surface area contributed by atoms with E-state index in [-0.39, 0.29) is 5.91 Å². The molecular formula is C23H20Cl2INO3. The van der Waals surface area contributed by atoms with E-state index in [0.29, 0.717) is 46.0 Å². The van der Waals surface area contributed by atoms with Crippen molar-refractivity contribution in [2.75, 3.05) is 11.9 Å². The summed E-state index contributed by atoms with van der Waals surface area (Å²) in [4.78, 5) is 12.8. The Hall–Kier alpha value is -1.96. The van der Waals surface area contributed by atoms with E-state index >= 15 is 0 Å². The van der Waals surface area contributed by atoms with Crippen LogP contribution in [0.1, 0.15) is 28.4 Å². The minimum atomic E-state index is -0.317. The molecule has 30 heavy (non-hydrogen) atoms. The zero-order valence-electron chi connectivity index (χ0n) is 16.5. The number of amides is 1. The molecule has 0 fully saturated rings. The number of benzene rings is 3. The summed E-state index contributed by atoms with van der Waals surface area (Å²) in [7, 11) is 0. The van der Waals surface area contributed by atoms with Gasteiger partial charge in [0.15, 0.2) is 11.5 Å². The number of carbonyl (C=O) groups is 1. The summed E-state index contributed by atoms with van der Waals surface area (Å²) in [6.07, 6.45) is 0. The lowest BCUT2D eigenvalue weighted by Gasteiger charge is -2.16. The van der Waals surface area contributed by atoms with E-state index in [1.807, 2.05) is 38.1 Å². The van der Waals surface area contributed by atoms with Gasteiger partial charge in [-0.3, -0.25) is 4.79 Å². The molecule has 3 aromatic rings. The average molecular weight is 556 g/mol. The Morgan fingerprint density at radius 1 is 1.07 bits per heavy atom. The molecule has 3 rings (SSSR count). The van der Waals surface area contributed by atoms with Crippen LogP contribution in [0.25, 0.3) is 0 Å². The highest BCUT2D eigenvalue weighted by Gasteiger charge is 2.17. The van der Waals surface area contributed by atoms with E-state index in [4.69, 9.17) is 32.7 Å². The van der Waals surface area contributed by atoms with Gasteiger partial charge in [0.1, 0.15) is 6.61 Å². The number of ether oxygens (including phenoxy) is 2. The summed E-state index contributed by atoms with van der Waals surface area (Å²) in [6, 6.07) is 16.6. The van der Waals surface area contributed by atoms with E-state index < -0.39 is 0 Å². The van der Waals surface area contributed by atoms with E-state index in [0.717, 1.165) is 9.13 Å². The molecule has 0 heterocycles. The largest absolute Gasteiger partial charge is 0.490 e. The van der Waals surface area contributed by atoms with Crippen LogP contribution in [0.3, 0.4) is 0 Å². The molecule has 0 aliphatic rings. The summed E-state index contributed by atoms with van der Waals surface area (Å²) >= 11 is 14.4. The number of aryl methyl sites for hydroxylation is 1. The normalized spacial score (nSPS) is 10.6. The van der Waals surface area contributed by atoms with Crippen molar-refractivity contribution >= 4 is 57.4 Å². The van der Waals surface area contributed by atoms with Crippen LogP contribution in [0, 0.1) is 10.5 Å². The minimum Gasteiger partial charge on any atom is -0.490 e. The predicted octanol–water partition coefficient (Wildman–Crippen LogP) is 7.14. The van der Waals surface area contributed by atoms with E-state index in [2.05, 4.69) is 27.9 Å². The third-order valence-electron chi connectivity index (χ3n) is 4.28. The lowest BCUT2D eigenvalue weighted by molar-refractivity contribution is 0.102. The second-order valence-corrected chi connectivity index (χ2v) is 8.50. The van der Waals surface area contributed by atoms with Gasteiger partial charge in [0, 0.05) is 5.56 Å². The second-order valence-electron chi connectivity index (χ2n) is 6.55. The van der Waals surface area contributed by atoms with Gasteiger partial charge in [0.05, 0.1) is 25.9 Å². The number of hydrogen-bond donors (Lipinski definition) is 1. The monoisotopic (exact) mass is 555 g/mol. The first-order valence-corrected chi connectivity index (χ1v) is 11.1. The van der Waals surface area contributed by atoms with Gasteiger partial charge >= 0.3 is 0 Å². The number of nitrogens with one attached hydrogen (secondary N) is 1. The summed E-state index contributed by atoms with van der Waals surface area (Å²) in [5.74, 6) is 0.803. The lowest BCUT2D eigenvalue weighted by Crippen LogP contribution is -2.13. The number of hydrogen-bond acceptors (Lipinski definition) is 3.